The minimum absolute atomic E-state index is 0.379. The summed E-state index contributed by atoms with van der Waals surface area (Å²) in [5.41, 5.74) is 3.42. The molecule has 0 fully saturated rings. The highest BCUT2D eigenvalue weighted by atomic mass is 14.9. The fourth-order valence-electron chi connectivity index (χ4n) is 2.66. The normalized spacial score (nSPS) is 23.5. The summed E-state index contributed by atoms with van der Waals surface area (Å²) < 4.78 is 0. The van der Waals surface area contributed by atoms with E-state index in [4.69, 9.17) is 0 Å². The zero-order valence-electron chi connectivity index (χ0n) is 10.0. The lowest BCUT2D eigenvalue weighted by Gasteiger charge is -2.40. The zero-order chi connectivity index (χ0) is 10.9. The van der Waals surface area contributed by atoms with E-state index in [1.807, 2.05) is 0 Å². The first-order valence-corrected chi connectivity index (χ1v) is 5.96. The highest BCUT2D eigenvalue weighted by Gasteiger charge is 2.34. The van der Waals surface area contributed by atoms with Crippen LogP contribution in [0.25, 0.3) is 0 Å². The molecule has 0 spiro atoms. The Morgan fingerprint density at radius 1 is 1.33 bits per heavy atom. The van der Waals surface area contributed by atoms with Crippen LogP contribution in [0.15, 0.2) is 24.3 Å². The third-order valence-corrected chi connectivity index (χ3v) is 3.59. The second kappa shape index (κ2) is 3.97. The van der Waals surface area contributed by atoms with Gasteiger partial charge >= 0.3 is 0 Å². The van der Waals surface area contributed by atoms with Crippen LogP contribution in [0.3, 0.4) is 0 Å². The molecule has 0 aliphatic heterocycles. The average molecular weight is 203 g/mol. The largest absolute Gasteiger partial charge is 0.310 e. The van der Waals surface area contributed by atoms with Gasteiger partial charge < -0.3 is 5.32 Å². The topological polar surface area (TPSA) is 12.0 Å². The van der Waals surface area contributed by atoms with Gasteiger partial charge in [0.05, 0.1) is 0 Å². The predicted molar refractivity (Wildman–Crippen MR) is 65.0 cm³/mol. The van der Waals surface area contributed by atoms with Crippen molar-refractivity contribution in [3.05, 3.63) is 35.4 Å². The number of rotatable bonds is 2. The molecule has 1 heteroatoms. The molecule has 0 bridgehead atoms. The van der Waals surface area contributed by atoms with Crippen molar-refractivity contribution in [3.8, 4) is 0 Å². The van der Waals surface area contributed by atoms with E-state index in [1.54, 1.807) is 0 Å². The summed E-state index contributed by atoms with van der Waals surface area (Å²) in [6, 6.07) is 9.39. The van der Waals surface area contributed by atoms with E-state index < -0.39 is 0 Å². The summed E-state index contributed by atoms with van der Waals surface area (Å²) in [6.07, 6.45) is 2.51. The van der Waals surface area contributed by atoms with Crippen LogP contribution in [0.2, 0.25) is 0 Å². The number of hydrogen-bond donors (Lipinski definition) is 1. The van der Waals surface area contributed by atoms with Crippen molar-refractivity contribution >= 4 is 0 Å². The van der Waals surface area contributed by atoms with Gasteiger partial charge in [0.2, 0.25) is 0 Å². The van der Waals surface area contributed by atoms with E-state index in [2.05, 4.69) is 50.4 Å². The average Bonchev–Trinajstić information content (AvgIpc) is 2.23. The predicted octanol–water partition coefficient (Wildman–Crippen LogP) is 3.31. The molecule has 1 N–H and O–H groups in total. The molecule has 2 rings (SSSR count). The Kier molecular flexibility index (Phi) is 2.83. The molecule has 15 heavy (non-hydrogen) atoms. The van der Waals surface area contributed by atoms with Gasteiger partial charge in [0.1, 0.15) is 0 Å². The van der Waals surface area contributed by atoms with Crippen LogP contribution in [0.1, 0.15) is 44.4 Å². The Bertz CT molecular complexity index is 341. The van der Waals surface area contributed by atoms with Gasteiger partial charge in [-0.15, -0.1) is 0 Å². The van der Waals surface area contributed by atoms with Gasteiger partial charge in [-0.1, -0.05) is 45.0 Å². The maximum Gasteiger partial charge on any atom is 0.0374 e. The highest BCUT2D eigenvalue weighted by molar-refractivity contribution is 5.34. The lowest BCUT2D eigenvalue weighted by molar-refractivity contribution is 0.212. The molecule has 1 aliphatic carbocycles. The molecule has 0 aromatic heterocycles. The second-order valence-electron chi connectivity index (χ2n) is 5.18. The molecule has 1 nitrogen and oxygen atoms in total. The molecule has 1 aliphatic rings. The molecule has 1 unspecified atom stereocenters. The van der Waals surface area contributed by atoms with Crippen LogP contribution in [-0.4, -0.2) is 6.54 Å². The lowest BCUT2D eigenvalue weighted by Crippen LogP contribution is -2.38. The molecule has 1 aromatic carbocycles. The monoisotopic (exact) mass is 203 g/mol. The molecule has 1 atom stereocenters. The van der Waals surface area contributed by atoms with Crippen molar-refractivity contribution in [1.29, 1.82) is 0 Å². The zero-order valence-corrected chi connectivity index (χ0v) is 10.0. The lowest BCUT2D eigenvalue weighted by atomic mass is 9.70. The maximum atomic E-state index is 3.63. The third kappa shape index (κ3) is 1.93. The molecule has 82 valence electrons. The van der Waals surface area contributed by atoms with E-state index in [1.165, 1.54) is 24.0 Å². The molecule has 0 amide bonds. The number of nitrogens with one attached hydrogen (secondary N) is 1. The Balaban J connectivity index is 2.39. The van der Waals surface area contributed by atoms with Gasteiger partial charge in [-0.3, -0.25) is 0 Å². The summed E-state index contributed by atoms with van der Waals surface area (Å²) >= 11 is 0. The fraction of sp³-hybridized carbons (Fsp3) is 0.571. The van der Waals surface area contributed by atoms with Crippen LogP contribution in [-0.2, 0) is 6.42 Å². The third-order valence-electron chi connectivity index (χ3n) is 3.59. The summed E-state index contributed by atoms with van der Waals surface area (Å²) in [6.45, 7) is 7.97. The van der Waals surface area contributed by atoms with Gasteiger partial charge in [0.15, 0.2) is 0 Å². The summed E-state index contributed by atoms with van der Waals surface area (Å²) in [7, 11) is 0. The van der Waals surface area contributed by atoms with Crippen molar-refractivity contribution < 1.29 is 0 Å². The Morgan fingerprint density at radius 2 is 2.07 bits per heavy atom. The molecule has 1 aromatic rings. The van der Waals surface area contributed by atoms with Gasteiger partial charge in [0, 0.05) is 6.04 Å². The van der Waals surface area contributed by atoms with Crippen molar-refractivity contribution in [1.82, 2.24) is 5.32 Å². The first-order chi connectivity index (χ1) is 7.15. The van der Waals surface area contributed by atoms with Crippen LogP contribution in [0.4, 0.5) is 0 Å². The minimum Gasteiger partial charge on any atom is -0.310 e. The Hall–Kier alpha value is -0.820. The quantitative estimate of drug-likeness (QED) is 0.777. The Morgan fingerprint density at radius 3 is 2.80 bits per heavy atom. The van der Waals surface area contributed by atoms with E-state index in [-0.39, 0.29) is 0 Å². The molecule has 0 saturated heterocycles. The molecule has 0 radical (unpaired) electrons. The van der Waals surface area contributed by atoms with Gasteiger partial charge in [-0.05, 0) is 35.9 Å². The van der Waals surface area contributed by atoms with Crippen LogP contribution < -0.4 is 5.32 Å². The number of fused-ring (bicyclic) bond motifs is 1. The SMILES string of the molecule is CCNC1c2ccccc2CCC1(C)C. The number of aryl methyl sites for hydroxylation is 1. The fourth-order valence-corrected chi connectivity index (χ4v) is 2.66. The van der Waals surface area contributed by atoms with Crippen molar-refractivity contribution in [2.75, 3.05) is 6.54 Å². The standard InChI is InChI=1S/C14H21N/c1-4-15-13-12-8-6-5-7-11(12)9-10-14(13,2)3/h5-8,13,15H,4,9-10H2,1-3H3. The van der Waals surface area contributed by atoms with Gasteiger partial charge in [0.25, 0.3) is 0 Å². The van der Waals surface area contributed by atoms with E-state index in [0.29, 0.717) is 11.5 Å². The van der Waals surface area contributed by atoms with Crippen molar-refractivity contribution in [2.45, 2.75) is 39.7 Å². The van der Waals surface area contributed by atoms with E-state index >= 15 is 0 Å². The maximum absolute atomic E-state index is 3.63. The first kappa shape index (κ1) is 10.7. The van der Waals surface area contributed by atoms with Crippen molar-refractivity contribution in [3.63, 3.8) is 0 Å². The first-order valence-electron chi connectivity index (χ1n) is 5.96. The summed E-state index contributed by atoms with van der Waals surface area (Å²) in [5.74, 6) is 0. The molecule has 0 saturated carbocycles. The number of hydrogen-bond acceptors (Lipinski definition) is 1. The minimum atomic E-state index is 0.379. The van der Waals surface area contributed by atoms with E-state index in [0.717, 1.165) is 6.54 Å². The number of benzene rings is 1. The van der Waals surface area contributed by atoms with Crippen LogP contribution in [0, 0.1) is 5.41 Å². The molecular weight excluding hydrogens is 182 g/mol. The highest BCUT2D eigenvalue weighted by Crippen LogP contribution is 2.43. The smallest absolute Gasteiger partial charge is 0.0374 e. The van der Waals surface area contributed by atoms with Crippen molar-refractivity contribution in [2.24, 2.45) is 5.41 Å². The summed E-state index contributed by atoms with van der Waals surface area (Å²) in [5, 5.41) is 3.63. The van der Waals surface area contributed by atoms with Gasteiger partial charge in [-0.25, -0.2) is 0 Å². The molecule has 0 heterocycles. The van der Waals surface area contributed by atoms with Gasteiger partial charge in [-0.2, -0.15) is 0 Å². The van der Waals surface area contributed by atoms with Crippen LogP contribution in [0.5, 0.6) is 0 Å². The molecular formula is C14H21N. The Labute approximate surface area is 92.9 Å². The van der Waals surface area contributed by atoms with Crippen LogP contribution >= 0.6 is 0 Å². The summed E-state index contributed by atoms with van der Waals surface area (Å²) in [4.78, 5) is 0. The second-order valence-corrected chi connectivity index (χ2v) is 5.18. The van der Waals surface area contributed by atoms with E-state index in [9.17, 15) is 0 Å².